The average molecular weight is 286 g/mol. The molecular formula is C17H22N2S. The second-order valence-electron chi connectivity index (χ2n) is 6.29. The molecule has 1 atom stereocenters. The molecule has 0 saturated heterocycles. The normalized spacial score (nSPS) is 20.1. The smallest absolute Gasteiger partial charge is 0.0971 e. The molecule has 1 saturated carbocycles. The zero-order valence-corrected chi connectivity index (χ0v) is 13.3. The van der Waals surface area contributed by atoms with Crippen LogP contribution in [-0.2, 0) is 6.42 Å². The van der Waals surface area contributed by atoms with E-state index in [4.69, 9.17) is 4.98 Å². The number of aromatic nitrogens is 1. The molecule has 1 aliphatic carbocycles. The molecule has 106 valence electrons. The van der Waals surface area contributed by atoms with Gasteiger partial charge in [0.05, 0.1) is 10.7 Å². The maximum absolute atomic E-state index is 4.98. The van der Waals surface area contributed by atoms with Gasteiger partial charge < -0.3 is 5.32 Å². The Morgan fingerprint density at radius 1 is 1.30 bits per heavy atom. The summed E-state index contributed by atoms with van der Waals surface area (Å²) >= 11 is 1.92. The Labute approximate surface area is 125 Å². The monoisotopic (exact) mass is 286 g/mol. The summed E-state index contributed by atoms with van der Waals surface area (Å²) in [6.45, 7) is 5.69. The summed E-state index contributed by atoms with van der Waals surface area (Å²) in [5.41, 5.74) is 2.90. The fourth-order valence-electron chi connectivity index (χ4n) is 2.64. The summed E-state index contributed by atoms with van der Waals surface area (Å²) in [5.74, 6) is 0.665. The minimum Gasteiger partial charge on any atom is -0.319 e. The highest BCUT2D eigenvalue weighted by atomic mass is 32.1. The first-order valence-electron chi connectivity index (χ1n) is 7.31. The summed E-state index contributed by atoms with van der Waals surface area (Å²) in [5, 5.41) is 4.58. The summed E-state index contributed by atoms with van der Waals surface area (Å²) in [4.78, 5) is 6.40. The molecule has 1 heterocycles. The number of likely N-dealkylation sites (N-methyl/N-ethyl adjacent to an activating group) is 1. The highest BCUT2D eigenvalue weighted by Crippen LogP contribution is 2.59. The second-order valence-corrected chi connectivity index (χ2v) is 7.40. The van der Waals surface area contributed by atoms with E-state index in [9.17, 15) is 0 Å². The van der Waals surface area contributed by atoms with Crippen molar-refractivity contribution in [1.29, 1.82) is 0 Å². The summed E-state index contributed by atoms with van der Waals surface area (Å²) in [6, 6.07) is 10.6. The molecule has 0 radical (unpaired) electrons. The van der Waals surface area contributed by atoms with Crippen molar-refractivity contribution in [3.63, 3.8) is 0 Å². The standard InChI is InChI=1S/C17H22N2S/c1-17(2)11-13(17)16-19-15(12-7-5-4-6-8-12)14(20-16)9-10-18-3/h4-8,13,18H,9-11H2,1-3H3. The highest BCUT2D eigenvalue weighted by Gasteiger charge is 2.48. The molecule has 0 bridgehead atoms. The Kier molecular flexibility index (Phi) is 3.65. The van der Waals surface area contributed by atoms with Crippen LogP contribution in [0.3, 0.4) is 0 Å². The molecule has 20 heavy (non-hydrogen) atoms. The molecule has 1 aromatic heterocycles. The Hall–Kier alpha value is -1.19. The Morgan fingerprint density at radius 2 is 2.00 bits per heavy atom. The van der Waals surface area contributed by atoms with Crippen LogP contribution < -0.4 is 5.32 Å². The van der Waals surface area contributed by atoms with Gasteiger partial charge in [0.1, 0.15) is 0 Å². The molecular weight excluding hydrogens is 264 g/mol. The maximum atomic E-state index is 4.98. The van der Waals surface area contributed by atoms with Crippen LogP contribution in [0.5, 0.6) is 0 Å². The largest absolute Gasteiger partial charge is 0.319 e. The highest BCUT2D eigenvalue weighted by molar-refractivity contribution is 7.12. The van der Waals surface area contributed by atoms with E-state index < -0.39 is 0 Å². The van der Waals surface area contributed by atoms with Gasteiger partial charge in [0.25, 0.3) is 0 Å². The number of benzene rings is 1. The molecule has 1 N–H and O–H groups in total. The first-order valence-corrected chi connectivity index (χ1v) is 8.13. The Balaban J connectivity index is 1.94. The SMILES string of the molecule is CNCCc1sc(C2CC2(C)C)nc1-c1ccccc1. The zero-order chi connectivity index (χ0) is 14.2. The lowest BCUT2D eigenvalue weighted by Gasteiger charge is -2.01. The zero-order valence-electron chi connectivity index (χ0n) is 12.4. The molecule has 0 aliphatic heterocycles. The van der Waals surface area contributed by atoms with E-state index in [1.54, 1.807) is 0 Å². The van der Waals surface area contributed by atoms with Gasteiger partial charge in [-0.25, -0.2) is 4.98 Å². The summed E-state index contributed by atoms with van der Waals surface area (Å²) in [7, 11) is 2.01. The van der Waals surface area contributed by atoms with Gasteiger partial charge in [-0.05, 0) is 31.8 Å². The van der Waals surface area contributed by atoms with E-state index in [-0.39, 0.29) is 0 Å². The van der Waals surface area contributed by atoms with Crippen molar-refractivity contribution in [2.45, 2.75) is 32.6 Å². The van der Waals surface area contributed by atoms with Crippen LogP contribution in [0.4, 0.5) is 0 Å². The van der Waals surface area contributed by atoms with Gasteiger partial charge in [0.2, 0.25) is 0 Å². The molecule has 1 fully saturated rings. The van der Waals surface area contributed by atoms with Crippen LogP contribution in [0, 0.1) is 5.41 Å². The van der Waals surface area contributed by atoms with E-state index in [1.807, 2.05) is 18.4 Å². The third kappa shape index (κ3) is 2.65. The number of rotatable bonds is 5. The molecule has 3 heteroatoms. The second kappa shape index (κ2) is 5.30. The molecule has 1 aliphatic rings. The number of hydrogen-bond acceptors (Lipinski definition) is 3. The van der Waals surface area contributed by atoms with Crippen LogP contribution in [0.1, 0.15) is 36.1 Å². The number of nitrogens with one attached hydrogen (secondary N) is 1. The Bertz CT molecular complexity index is 586. The maximum Gasteiger partial charge on any atom is 0.0971 e. The van der Waals surface area contributed by atoms with Crippen molar-refractivity contribution in [3.8, 4) is 11.3 Å². The quantitative estimate of drug-likeness (QED) is 0.895. The number of thiazole rings is 1. The number of hydrogen-bond donors (Lipinski definition) is 1. The van der Waals surface area contributed by atoms with Gasteiger partial charge in [0, 0.05) is 16.4 Å². The summed E-state index contributed by atoms with van der Waals surface area (Å²) < 4.78 is 0. The first-order chi connectivity index (χ1) is 9.62. The molecule has 2 nitrogen and oxygen atoms in total. The van der Waals surface area contributed by atoms with Gasteiger partial charge in [-0.3, -0.25) is 0 Å². The first kappa shape index (κ1) is 13.8. The van der Waals surface area contributed by atoms with Crippen molar-refractivity contribution in [2.75, 3.05) is 13.6 Å². The fourth-order valence-corrected chi connectivity index (χ4v) is 4.04. The minimum atomic E-state index is 0.450. The lowest BCUT2D eigenvalue weighted by atomic mass is 10.1. The molecule has 0 spiro atoms. The number of nitrogens with zero attached hydrogens (tertiary/aromatic N) is 1. The predicted octanol–water partition coefficient (Wildman–Crippen LogP) is 4.09. The van der Waals surface area contributed by atoms with Crippen LogP contribution >= 0.6 is 11.3 Å². The van der Waals surface area contributed by atoms with Gasteiger partial charge in [-0.2, -0.15) is 0 Å². The van der Waals surface area contributed by atoms with E-state index in [2.05, 4.69) is 49.5 Å². The van der Waals surface area contributed by atoms with Crippen LogP contribution in [0.15, 0.2) is 30.3 Å². The van der Waals surface area contributed by atoms with Gasteiger partial charge in [-0.1, -0.05) is 44.2 Å². The van der Waals surface area contributed by atoms with E-state index in [1.165, 1.54) is 27.6 Å². The molecule has 3 rings (SSSR count). The third-order valence-corrected chi connectivity index (χ3v) is 5.40. The Morgan fingerprint density at radius 3 is 2.60 bits per heavy atom. The fraction of sp³-hybridized carbons (Fsp3) is 0.471. The van der Waals surface area contributed by atoms with Crippen molar-refractivity contribution < 1.29 is 0 Å². The summed E-state index contributed by atoms with van der Waals surface area (Å²) in [6.07, 6.45) is 2.34. The van der Waals surface area contributed by atoms with Gasteiger partial charge >= 0.3 is 0 Å². The van der Waals surface area contributed by atoms with E-state index in [0.29, 0.717) is 11.3 Å². The topological polar surface area (TPSA) is 24.9 Å². The van der Waals surface area contributed by atoms with Crippen LogP contribution in [-0.4, -0.2) is 18.6 Å². The van der Waals surface area contributed by atoms with Crippen LogP contribution in [0.25, 0.3) is 11.3 Å². The van der Waals surface area contributed by atoms with E-state index >= 15 is 0 Å². The molecule has 0 amide bonds. The minimum absolute atomic E-state index is 0.450. The van der Waals surface area contributed by atoms with Crippen molar-refractivity contribution in [2.24, 2.45) is 5.41 Å². The van der Waals surface area contributed by atoms with Crippen molar-refractivity contribution in [3.05, 3.63) is 40.2 Å². The van der Waals surface area contributed by atoms with Gasteiger partial charge in [-0.15, -0.1) is 11.3 Å². The van der Waals surface area contributed by atoms with Crippen LogP contribution in [0.2, 0.25) is 0 Å². The molecule has 2 aromatic rings. The molecule has 1 aromatic carbocycles. The lowest BCUT2D eigenvalue weighted by Crippen LogP contribution is -2.09. The predicted molar refractivity (Wildman–Crippen MR) is 86.3 cm³/mol. The van der Waals surface area contributed by atoms with Gasteiger partial charge in [0.15, 0.2) is 0 Å². The lowest BCUT2D eigenvalue weighted by molar-refractivity contribution is 0.620. The third-order valence-electron chi connectivity index (χ3n) is 4.17. The molecule has 1 unspecified atom stereocenters. The average Bonchev–Trinajstić information content (AvgIpc) is 2.91. The van der Waals surface area contributed by atoms with E-state index in [0.717, 1.165) is 13.0 Å². The van der Waals surface area contributed by atoms with Crippen molar-refractivity contribution in [1.82, 2.24) is 10.3 Å². The van der Waals surface area contributed by atoms with Crippen molar-refractivity contribution >= 4 is 11.3 Å².